The van der Waals surface area contributed by atoms with Crippen LogP contribution in [0.25, 0.3) is 0 Å². The van der Waals surface area contributed by atoms with E-state index in [1.807, 2.05) is 11.6 Å². The maximum absolute atomic E-state index is 13.5. The predicted molar refractivity (Wildman–Crippen MR) is 127 cm³/mol. The molecule has 0 fully saturated rings. The lowest BCUT2D eigenvalue weighted by molar-refractivity contribution is 0.628. The Morgan fingerprint density at radius 3 is 0.719 bits per heavy atom. The molecule has 0 heterocycles. The van der Waals surface area contributed by atoms with Gasteiger partial charge >= 0.3 is 0 Å². The van der Waals surface area contributed by atoms with Crippen molar-refractivity contribution in [1.82, 2.24) is 0 Å². The van der Waals surface area contributed by atoms with E-state index in [0.29, 0.717) is 0 Å². The summed E-state index contributed by atoms with van der Waals surface area (Å²) in [7, 11) is -2.09. The second-order valence-electron chi connectivity index (χ2n) is 6.94. The van der Waals surface area contributed by atoms with Crippen molar-refractivity contribution in [3.63, 3.8) is 0 Å². The van der Waals surface area contributed by atoms with Gasteiger partial charge in [0, 0.05) is 0 Å². The van der Waals surface area contributed by atoms with E-state index in [0.717, 1.165) is 21.2 Å². The van der Waals surface area contributed by atoms with Crippen LogP contribution in [0, 0.1) is 23.3 Å². The molecule has 0 aliphatic rings. The molecule has 0 aliphatic heterocycles. The molecule has 6 heteroatoms. The summed E-state index contributed by atoms with van der Waals surface area (Å²) in [5.41, 5.74) is 0. The number of rotatable bonds is 6. The van der Waals surface area contributed by atoms with Crippen LogP contribution in [0.15, 0.2) is 109 Å². The fraction of sp³-hybridized carbons (Fsp3) is 0. The Balaban J connectivity index is 1.77. The third kappa shape index (κ3) is 5.51. The summed E-state index contributed by atoms with van der Waals surface area (Å²) in [6, 6.07) is 25.1. The van der Waals surface area contributed by atoms with Gasteiger partial charge in [0.15, 0.2) is 0 Å². The molecular weight excluding hydrogens is 450 g/mol. The van der Waals surface area contributed by atoms with Crippen LogP contribution >= 0.6 is 15.8 Å². The Morgan fingerprint density at radius 1 is 0.344 bits per heavy atom. The van der Waals surface area contributed by atoms with E-state index >= 15 is 0 Å². The molecule has 0 bridgehead atoms. The van der Waals surface area contributed by atoms with Gasteiger partial charge in [-0.25, -0.2) is 17.6 Å². The standard InChI is InChI=1S/C26H18F4P2/c27-19-1-9-23(10-2-19)31(24-11-3-20(28)4-12-24)17-18-32(25-13-5-21(29)6-14-25)26-15-7-22(30)8-16-26/h1-18H/b18-17-. The van der Waals surface area contributed by atoms with Crippen LogP contribution in [0.4, 0.5) is 17.6 Å². The highest BCUT2D eigenvalue weighted by atomic mass is 31.1. The van der Waals surface area contributed by atoms with Crippen LogP contribution in [0.3, 0.4) is 0 Å². The highest BCUT2D eigenvalue weighted by Gasteiger charge is 2.15. The zero-order valence-corrected chi connectivity index (χ0v) is 18.6. The van der Waals surface area contributed by atoms with Gasteiger partial charge < -0.3 is 0 Å². The van der Waals surface area contributed by atoms with Gasteiger partial charge in [0.1, 0.15) is 23.3 Å². The van der Waals surface area contributed by atoms with Crippen LogP contribution in [0.2, 0.25) is 0 Å². The Labute approximate surface area is 186 Å². The molecule has 0 nitrogen and oxygen atoms in total. The monoisotopic (exact) mass is 468 g/mol. The van der Waals surface area contributed by atoms with Crippen molar-refractivity contribution >= 4 is 37.1 Å². The molecule has 0 aliphatic carbocycles. The summed E-state index contributed by atoms with van der Waals surface area (Å²) in [4.78, 5) is 0. The van der Waals surface area contributed by atoms with Gasteiger partial charge in [-0.15, -0.1) is 0 Å². The van der Waals surface area contributed by atoms with Crippen LogP contribution in [-0.2, 0) is 0 Å². The van der Waals surface area contributed by atoms with E-state index in [1.54, 1.807) is 48.5 Å². The van der Waals surface area contributed by atoms with Gasteiger partial charge in [0.2, 0.25) is 0 Å². The second-order valence-corrected chi connectivity index (χ2v) is 11.1. The van der Waals surface area contributed by atoms with Crippen molar-refractivity contribution in [2.24, 2.45) is 0 Å². The quantitative estimate of drug-likeness (QED) is 0.231. The van der Waals surface area contributed by atoms with Gasteiger partial charge in [-0.2, -0.15) is 0 Å². The molecule has 0 atom stereocenters. The van der Waals surface area contributed by atoms with E-state index < -0.39 is 15.8 Å². The molecule has 0 aromatic heterocycles. The maximum atomic E-state index is 13.5. The average Bonchev–Trinajstić information content (AvgIpc) is 2.80. The molecule has 0 spiro atoms. The third-order valence-electron chi connectivity index (χ3n) is 4.78. The molecule has 0 radical (unpaired) electrons. The van der Waals surface area contributed by atoms with Crippen LogP contribution in [0.5, 0.6) is 0 Å². The molecule has 0 amide bonds. The van der Waals surface area contributed by atoms with Crippen molar-refractivity contribution < 1.29 is 17.6 Å². The summed E-state index contributed by atoms with van der Waals surface area (Å²) in [5.74, 6) is 2.79. The van der Waals surface area contributed by atoms with Gasteiger partial charge in [-0.1, -0.05) is 60.2 Å². The third-order valence-corrected chi connectivity index (χ3v) is 9.33. The minimum atomic E-state index is -1.05. The zero-order valence-electron chi connectivity index (χ0n) is 16.8. The Hall–Kier alpha value is -2.80. The molecule has 0 N–H and O–H groups in total. The van der Waals surface area contributed by atoms with Crippen molar-refractivity contribution in [3.05, 3.63) is 132 Å². The van der Waals surface area contributed by atoms with Crippen LogP contribution < -0.4 is 21.2 Å². The van der Waals surface area contributed by atoms with Crippen molar-refractivity contribution in [2.75, 3.05) is 0 Å². The van der Waals surface area contributed by atoms with Gasteiger partial charge in [0.25, 0.3) is 0 Å². The Morgan fingerprint density at radius 2 is 0.531 bits per heavy atom. The van der Waals surface area contributed by atoms with E-state index in [2.05, 4.69) is 0 Å². The molecule has 32 heavy (non-hydrogen) atoms. The predicted octanol–water partition coefficient (Wildman–Crippen LogP) is 6.28. The topological polar surface area (TPSA) is 0 Å². The van der Waals surface area contributed by atoms with Gasteiger partial charge in [-0.05, 0) is 85.6 Å². The molecular formula is C26H18F4P2. The van der Waals surface area contributed by atoms with Crippen molar-refractivity contribution in [2.45, 2.75) is 0 Å². The first kappa shape index (κ1) is 22.4. The van der Waals surface area contributed by atoms with Crippen LogP contribution in [-0.4, -0.2) is 0 Å². The Bertz CT molecular complexity index is 999. The summed E-state index contributed by atoms with van der Waals surface area (Å²) >= 11 is 0. The van der Waals surface area contributed by atoms with E-state index in [1.165, 1.54) is 48.5 Å². The van der Waals surface area contributed by atoms with Gasteiger partial charge in [0.05, 0.1) is 0 Å². The Kier molecular flexibility index (Phi) is 7.15. The fourth-order valence-corrected chi connectivity index (χ4v) is 7.42. The van der Waals surface area contributed by atoms with E-state index in [-0.39, 0.29) is 23.3 Å². The molecule has 0 saturated carbocycles. The molecule has 0 saturated heterocycles. The summed E-state index contributed by atoms with van der Waals surface area (Å²) in [5, 5.41) is 3.66. The summed E-state index contributed by atoms with van der Waals surface area (Å²) < 4.78 is 54.0. The smallest absolute Gasteiger partial charge is 0.123 e. The zero-order chi connectivity index (χ0) is 22.5. The minimum absolute atomic E-state index is 0.327. The van der Waals surface area contributed by atoms with Crippen LogP contribution in [0.1, 0.15) is 0 Å². The second kappa shape index (κ2) is 10.2. The summed E-state index contributed by atoms with van der Waals surface area (Å²) in [6.45, 7) is 0. The lowest BCUT2D eigenvalue weighted by Gasteiger charge is -2.18. The number of hydrogen-bond acceptors (Lipinski definition) is 0. The minimum Gasteiger partial charge on any atom is -0.207 e. The molecule has 4 aromatic carbocycles. The van der Waals surface area contributed by atoms with Crippen molar-refractivity contribution in [3.8, 4) is 0 Å². The van der Waals surface area contributed by atoms with Crippen molar-refractivity contribution in [1.29, 1.82) is 0 Å². The van der Waals surface area contributed by atoms with E-state index in [4.69, 9.17) is 0 Å². The highest BCUT2D eigenvalue weighted by molar-refractivity contribution is 7.79. The molecule has 4 aromatic rings. The SMILES string of the molecule is Fc1ccc(P(/C=C\P(c2ccc(F)cc2)c2ccc(F)cc2)c2ccc(F)cc2)cc1. The first-order chi connectivity index (χ1) is 15.5. The largest absolute Gasteiger partial charge is 0.207 e. The first-order valence-electron chi connectivity index (χ1n) is 9.79. The molecule has 4 rings (SSSR count). The first-order valence-corrected chi connectivity index (χ1v) is 12.6. The number of hydrogen-bond donors (Lipinski definition) is 0. The average molecular weight is 468 g/mol. The molecule has 0 unspecified atom stereocenters. The lowest BCUT2D eigenvalue weighted by Crippen LogP contribution is -2.12. The highest BCUT2D eigenvalue weighted by Crippen LogP contribution is 2.42. The maximum Gasteiger partial charge on any atom is 0.123 e. The summed E-state index contributed by atoms with van der Waals surface area (Å²) in [6.07, 6.45) is 0. The fourth-order valence-electron chi connectivity index (χ4n) is 3.18. The lowest BCUT2D eigenvalue weighted by atomic mass is 10.3. The normalized spacial score (nSPS) is 11.6. The number of benzene rings is 4. The van der Waals surface area contributed by atoms with E-state index in [9.17, 15) is 17.6 Å². The molecule has 160 valence electrons. The van der Waals surface area contributed by atoms with Gasteiger partial charge in [-0.3, -0.25) is 0 Å². The number of halogens is 4.